The molecule has 5 rings (SSSR count). The summed E-state index contributed by atoms with van der Waals surface area (Å²) >= 11 is 0. The molecular weight excluding hydrogens is 531 g/mol. The average Bonchev–Trinajstić information content (AvgIpc) is 3.19. The lowest BCUT2D eigenvalue weighted by molar-refractivity contribution is -0.138. The van der Waals surface area contributed by atoms with Crippen molar-refractivity contribution in [1.82, 2.24) is 29.4 Å². The molecule has 1 fully saturated rings. The number of aryl methyl sites for hydroxylation is 2. The van der Waals surface area contributed by atoms with E-state index >= 15 is 0 Å². The third-order valence-corrected chi connectivity index (χ3v) is 6.37. The van der Waals surface area contributed by atoms with Gasteiger partial charge in [-0.3, -0.25) is 10.1 Å². The van der Waals surface area contributed by atoms with E-state index in [9.17, 15) is 28.0 Å². The van der Waals surface area contributed by atoms with Crippen molar-refractivity contribution in [3.8, 4) is 17.6 Å². The van der Waals surface area contributed by atoms with Gasteiger partial charge < -0.3 is 24.5 Å². The highest BCUT2D eigenvalue weighted by atomic mass is 19.4. The van der Waals surface area contributed by atoms with Crippen molar-refractivity contribution < 1.29 is 22.7 Å². The minimum atomic E-state index is -4.67. The number of alkyl halides is 3. The molecule has 0 radical (unpaired) electrons. The van der Waals surface area contributed by atoms with Gasteiger partial charge in [0.2, 0.25) is 5.95 Å². The van der Waals surface area contributed by atoms with Gasteiger partial charge in [-0.05, 0) is 31.4 Å². The Morgan fingerprint density at radius 3 is 2.67 bits per heavy atom. The second kappa shape index (κ2) is 10.2. The molecule has 0 bridgehead atoms. The van der Waals surface area contributed by atoms with Crippen LogP contribution >= 0.6 is 0 Å². The summed E-state index contributed by atoms with van der Waals surface area (Å²) in [5, 5.41) is 18.0. The van der Waals surface area contributed by atoms with Gasteiger partial charge in [-0.15, -0.1) is 0 Å². The first-order valence-electron chi connectivity index (χ1n) is 12.1. The van der Waals surface area contributed by atoms with Crippen LogP contribution in [0.2, 0.25) is 0 Å². The van der Waals surface area contributed by atoms with Gasteiger partial charge >= 0.3 is 12.2 Å². The summed E-state index contributed by atoms with van der Waals surface area (Å²) in [6.07, 6.45) is 1.66. The lowest BCUT2D eigenvalue weighted by Crippen LogP contribution is -2.41. The molecule has 0 spiro atoms. The standard InChI is InChI=1S/C25H22F3N9O3/c1-36-12-13(25(26,27)28)8-17(22(36)38)33-23-35-21-20(37(23)2)16(10-29)18(11-31-21)40-15-6-7-30-19(9-15)34-24(39)32-14-4-3-5-14/h6-9,11-12,14H,3-5H2,1-2H3,(H,31,33,35)(H2,30,32,34,39). The van der Waals surface area contributed by atoms with E-state index in [2.05, 4.69) is 30.9 Å². The highest BCUT2D eigenvalue weighted by Gasteiger charge is 2.32. The molecule has 0 aromatic carbocycles. The zero-order valence-corrected chi connectivity index (χ0v) is 21.2. The predicted octanol–water partition coefficient (Wildman–Crippen LogP) is 4.16. The minimum Gasteiger partial charge on any atom is -0.454 e. The van der Waals surface area contributed by atoms with Gasteiger partial charge in [0.15, 0.2) is 11.4 Å². The fourth-order valence-corrected chi connectivity index (χ4v) is 4.09. The molecular formula is C25H22F3N9O3. The molecule has 4 aromatic rings. The van der Waals surface area contributed by atoms with Gasteiger partial charge in [-0.25, -0.2) is 14.8 Å². The molecule has 40 heavy (non-hydrogen) atoms. The van der Waals surface area contributed by atoms with Crippen LogP contribution in [0.4, 0.5) is 35.4 Å². The van der Waals surface area contributed by atoms with Gasteiger partial charge in [0.1, 0.15) is 34.4 Å². The number of aromatic nitrogens is 5. The summed E-state index contributed by atoms with van der Waals surface area (Å²) in [6, 6.07) is 5.50. The number of hydrogen-bond donors (Lipinski definition) is 3. The summed E-state index contributed by atoms with van der Waals surface area (Å²) in [6.45, 7) is 0. The third kappa shape index (κ3) is 5.23. The SMILES string of the molecule is Cn1cc(C(F)(F)F)cc(Nc2nc3ncc(Oc4ccnc(NC(=O)NC5CCC5)c4)c(C#N)c3n2C)c1=O. The number of ether oxygens (including phenoxy) is 1. The number of pyridine rings is 3. The maximum absolute atomic E-state index is 13.3. The van der Waals surface area contributed by atoms with Crippen molar-refractivity contribution in [3.05, 3.63) is 58.3 Å². The van der Waals surface area contributed by atoms with Gasteiger partial charge in [0.05, 0.1) is 11.8 Å². The summed E-state index contributed by atoms with van der Waals surface area (Å²) in [4.78, 5) is 37.2. The highest BCUT2D eigenvalue weighted by molar-refractivity contribution is 5.88. The lowest BCUT2D eigenvalue weighted by Gasteiger charge is -2.26. The van der Waals surface area contributed by atoms with E-state index in [0.29, 0.717) is 12.3 Å². The molecule has 1 saturated carbocycles. The second-order valence-electron chi connectivity index (χ2n) is 9.16. The van der Waals surface area contributed by atoms with E-state index in [0.717, 1.165) is 23.8 Å². The fraction of sp³-hybridized carbons (Fsp3) is 0.280. The van der Waals surface area contributed by atoms with Crippen LogP contribution in [0.5, 0.6) is 11.5 Å². The van der Waals surface area contributed by atoms with Crippen molar-refractivity contribution in [2.45, 2.75) is 31.5 Å². The van der Waals surface area contributed by atoms with Crippen LogP contribution < -0.4 is 26.2 Å². The molecule has 1 aliphatic rings. The number of carbonyl (C=O) groups is 1. The number of hydrogen-bond acceptors (Lipinski definition) is 8. The number of anilines is 3. The Morgan fingerprint density at radius 1 is 1.23 bits per heavy atom. The van der Waals surface area contributed by atoms with Crippen molar-refractivity contribution in [2.75, 3.05) is 10.6 Å². The Kier molecular flexibility index (Phi) is 6.76. The largest absolute Gasteiger partial charge is 0.454 e. The minimum absolute atomic E-state index is 0.0135. The number of amides is 2. The van der Waals surface area contributed by atoms with Crippen molar-refractivity contribution in [1.29, 1.82) is 5.26 Å². The van der Waals surface area contributed by atoms with Crippen LogP contribution in [0.25, 0.3) is 11.2 Å². The molecule has 0 atom stereocenters. The first kappa shape index (κ1) is 26.5. The number of nitrogens with one attached hydrogen (secondary N) is 3. The third-order valence-electron chi connectivity index (χ3n) is 6.37. The number of urea groups is 1. The molecule has 0 aliphatic heterocycles. The molecule has 15 heteroatoms. The Balaban J connectivity index is 1.43. The van der Waals surface area contributed by atoms with Crippen LogP contribution in [-0.2, 0) is 20.3 Å². The summed E-state index contributed by atoms with van der Waals surface area (Å²) in [7, 11) is 2.72. The van der Waals surface area contributed by atoms with E-state index in [1.54, 1.807) is 0 Å². The smallest absolute Gasteiger partial charge is 0.417 e. The summed E-state index contributed by atoms with van der Waals surface area (Å²) < 4.78 is 47.9. The number of imidazole rings is 1. The number of nitriles is 1. The first-order valence-corrected chi connectivity index (χ1v) is 12.1. The quantitative estimate of drug-likeness (QED) is 0.322. The Morgan fingerprint density at radius 2 is 2.00 bits per heavy atom. The first-order chi connectivity index (χ1) is 19.0. The number of carbonyl (C=O) groups excluding carboxylic acids is 1. The summed E-state index contributed by atoms with van der Waals surface area (Å²) in [5.74, 6) is 0.548. The maximum atomic E-state index is 13.3. The number of fused-ring (bicyclic) bond motifs is 1. The highest BCUT2D eigenvalue weighted by Crippen LogP contribution is 2.33. The normalized spacial score (nSPS) is 13.4. The average molecular weight is 554 g/mol. The zero-order valence-electron chi connectivity index (χ0n) is 21.2. The molecule has 1 aliphatic carbocycles. The van der Waals surface area contributed by atoms with E-state index in [1.807, 2.05) is 6.07 Å². The van der Waals surface area contributed by atoms with Crippen molar-refractivity contribution in [2.24, 2.45) is 14.1 Å². The van der Waals surface area contributed by atoms with Crippen molar-refractivity contribution in [3.63, 3.8) is 0 Å². The monoisotopic (exact) mass is 553 g/mol. The molecule has 206 valence electrons. The van der Waals surface area contributed by atoms with Gasteiger partial charge in [-0.2, -0.15) is 23.4 Å². The lowest BCUT2D eigenvalue weighted by atomic mass is 9.93. The molecule has 0 saturated heterocycles. The maximum Gasteiger partial charge on any atom is 0.417 e. The fourth-order valence-electron chi connectivity index (χ4n) is 4.09. The molecule has 3 N–H and O–H groups in total. The van der Waals surface area contributed by atoms with Crippen molar-refractivity contribution >= 4 is 34.6 Å². The molecule has 4 heterocycles. The van der Waals surface area contributed by atoms with Crippen LogP contribution in [0.1, 0.15) is 30.4 Å². The van der Waals surface area contributed by atoms with Crippen LogP contribution in [0.15, 0.2) is 41.6 Å². The van der Waals surface area contributed by atoms with E-state index in [-0.39, 0.29) is 57.8 Å². The zero-order chi connectivity index (χ0) is 28.6. The van der Waals surface area contributed by atoms with Gasteiger partial charge in [0, 0.05) is 38.6 Å². The number of rotatable bonds is 6. The van der Waals surface area contributed by atoms with E-state index < -0.39 is 17.3 Å². The molecule has 12 nitrogen and oxygen atoms in total. The van der Waals surface area contributed by atoms with Crippen LogP contribution in [-0.4, -0.2) is 36.2 Å². The Labute approximate surface area is 224 Å². The second-order valence-corrected chi connectivity index (χ2v) is 9.16. The Hall–Kier alpha value is -5.13. The molecule has 2 amide bonds. The van der Waals surface area contributed by atoms with Crippen LogP contribution in [0, 0.1) is 11.3 Å². The van der Waals surface area contributed by atoms with E-state index in [1.165, 1.54) is 43.2 Å². The summed E-state index contributed by atoms with van der Waals surface area (Å²) in [5.41, 5.74) is -1.72. The predicted molar refractivity (Wildman–Crippen MR) is 137 cm³/mol. The number of halogens is 3. The number of nitrogens with zero attached hydrogens (tertiary/aromatic N) is 6. The molecule has 4 aromatic heterocycles. The van der Waals surface area contributed by atoms with Gasteiger partial charge in [-0.1, -0.05) is 0 Å². The van der Waals surface area contributed by atoms with E-state index in [4.69, 9.17) is 4.74 Å². The van der Waals surface area contributed by atoms with Gasteiger partial charge in [0.25, 0.3) is 5.56 Å². The molecule has 0 unspecified atom stereocenters. The topological polar surface area (TPSA) is 152 Å². The Bertz CT molecular complexity index is 1720. The van der Waals surface area contributed by atoms with Crippen LogP contribution in [0.3, 0.4) is 0 Å².